The second-order valence-corrected chi connectivity index (χ2v) is 5.09. The first-order chi connectivity index (χ1) is 9.22. The molecule has 0 fully saturated rings. The minimum Gasteiger partial charge on any atom is -0.496 e. The maximum Gasteiger partial charge on any atom is 0.128 e. The van der Waals surface area contributed by atoms with Gasteiger partial charge in [-0.1, -0.05) is 13.0 Å². The molecule has 1 aromatic carbocycles. The van der Waals surface area contributed by atoms with Gasteiger partial charge >= 0.3 is 0 Å². The normalized spacial score (nSPS) is 12.2. The Hall–Kier alpha value is -1.52. The van der Waals surface area contributed by atoms with E-state index in [9.17, 15) is 5.11 Å². The van der Waals surface area contributed by atoms with E-state index >= 15 is 0 Å². The Morgan fingerprint density at radius 1 is 1.16 bits per heavy atom. The summed E-state index contributed by atoms with van der Waals surface area (Å²) in [7, 11) is 3.19. The van der Waals surface area contributed by atoms with Gasteiger partial charge in [0, 0.05) is 4.88 Å². The lowest BCUT2D eigenvalue weighted by Crippen LogP contribution is -2.05. The van der Waals surface area contributed by atoms with Crippen LogP contribution in [0, 0.1) is 0 Å². The molecule has 1 atom stereocenters. The highest BCUT2D eigenvalue weighted by atomic mass is 32.1. The van der Waals surface area contributed by atoms with Crippen molar-refractivity contribution >= 4 is 11.3 Å². The number of hydrogen-bond acceptors (Lipinski definition) is 4. The lowest BCUT2D eigenvalue weighted by atomic mass is 10.0. The van der Waals surface area contributed by atoms with Crippen molar-refractivity contribution in [3.05, 3.63) is 45.6 Å². The fraction of sp³-hybridized carbons (Fsp3) is 0.333. The van der Waals surface area contributed by atoms with Crippen molar-refractivity contribution in [2.24, 2.45) is 0 Å². The second-order valence-electron chi connectivity index (χ2n) is 4.14. The van der Waals surface area contributed by atoms with Crippen LogP contribution < -0.4 is 9.47 Å². The van der Waals surface area contributed by atoms with Crippen LogP contribution in [0.15, 0.2) is 29.6 Å². The Morgan fingerprint density at radius 2 is 1.79 bits per heavy atom. The summed E-state index contributed by atoms with van der Waals surface area (Å²) in [6.45, 7) is 2.08. The summed E-state index contributed by atoms with van der Waals surface area (Å²) in [6.07, 6.45) is 0.175. The molecule has 0 aliphatic heterocycles. The van der Waals surface area contributed by atoms with E-state index in [-0.39, 0.29) is 0 Å². The average Bonchev–Trinajstić information content (AvgIpc) is 2.93. The number of thiophene rings is 1. The van der Waals surface area contributed by atoms with E-state index in [1.807, 2.05) is 29.6 Å². The van der Waals surface area contributed by atoms with Crippen LogP contribution in [-0.4, -0.2) is 19.3 Å². The summed E-state index contributed by atoms with van der Waals surface area (Å²) in [6, 6.07) is 7.56. The third kappa shape index (κ3) is 2.60. The number of benzene rings is 1. The van der Waals surface area contributed by atoms with Crippen LogP contribution in [0.3, 0.4) is 0 Å². The maximum atomic E-state index is 10.7. The summed E-state index contributed by atoms with van der Waals surface area (Å²) < 4.78 is 10.7. The number of rotatable bonds is 5. The predicted octanol–water partition coefficient (Wildman–Crippen LogP) is 3.41. The lowest BCUT2D eigenvalue weighted by molar-refractivity contribution is 0.211. The van der Waals surface area contributed by atoms with E-state index in [1.165, 1.54) is 0 Å². The molecule has 4 heteroatoms. The van der Waals surface area contributed by atoms with E-state index in [0.717, 1.165) is 16.9 Å². The highest BCUT2D eigenvalue weighted by molar-refractivity contribution is 7.10. The van der Waals surface area contributed by atoms with Crippen molar-refractivity contribution in [3.63, 3.8) is 0 Å². The largest absolute Gasteiger partial charge is 0.496 e. The summed E-state index contributed by atoms with van der Waals surface area (Å²) in [4.78, 5) is 0.949. The molecule has 0 amide bonds. The van der Waals surface area contributed by atoms with Crippen molar-refractivity contribution in [1.82, 2.24) is 0 Å². The fourth-order valence-electron chi connectivity index (χ4n) is 2.16. The molecule has 102 valence electrons. The lowest BCUT2D eigenvalue weighted by Gasteiger charge is -2.18. The molecule has 1 heterocycles. The van der Waals surface area contributed by atoms with Gasteiger partial charge in [0.1, 0.15) is 17.6 Å². The zero-order valence-electron chi connectivity index (χ0n) is 11.3. The molecule has 0 saturated carbocycles. The van der Waals surface area contributed by atoms with Crippen molar-refractivity contribution in [1.29, 1.82) is 0 Å². The summed E-state index contributed by atoms with van der Waals surface area (Å²) in [5.74, 6) is 1.28. The van der Waals surface area contributed by atoms with Crippen molar-refractivity contribution in [2.75, 3.05) is 14.2 Å². The molecule has 19 heavy (non-hydrogen) atoms. The van der Waals surface area contributed by atoms with Gasteiger partial charge in [-0.3, -0.25) is 0 Å². The van der Waals surface area contributed by atoms with E-state index in [1.54, 1.807) is 25.6 Å². The smallest absolute Gasteiger partial charge is 0.128 e. The number of methoxy groups -OCH3 is 2. The third-order valence-corrected chi connectivity index (χ3v) is 4.16. The highest BCUT2D eigenvalue weighted by Crippen LogP contribution is 2.40. The molecule has 0 bridgehead atoms. The van der Waals surface area contributed by atoms with Gasteiger partial charge < -0.3 is 14.6 Å². The van der Waals surface area contributed by atoms with Gasteiger partial charge in [0.05, 0.1) is 19.8 Å². The van der Waals surface area contributed by atoms with E-state index in [0.29, 0.717) is 17.1 Å². The molecule has 3 nitrogen and oxygen atoms in total. The summed E-state index contributed by atoms with van der Waals surface area (Å²) in [5.41, 5.74) is 1.84. The van der Waals surface area contributed by atoms with Crippen LogP contribution in [0.2, 0.25) is 0 Å². The molecular formula is C15H18O3S. The maximum absolute atomic E-state index is 10.7. The first-order valence-corrected chi connectivity index (χ1v) is 7.06. The zero-order valence-corrected chi connectivity index (χ0v) is 12.2. The van der Waals surface area contributed by atoms with Crippen LogP contribution in [0.25, 0.3) is 0 Å². The van der Waals surface area contributed by atoms with Crippen molar-refractivity contribution in [3.8, 4) is 11.5 Å². The molecule has 0 spiro atoms. The van der Waals surface area contributed by atoms with Crippen molar-refractivity contribution < 1.29 is 14.6 Å². The Bertz CT molecular complexity index is 526. The number of aliphatic hydroxyl groups is 1. The van der Waals surface area contributed by atoms with Crippen LogP contribution in [-0.2, 0) is 6.42 Å². The molecule has 0 aliphatic rings. The Kier molecular flexibility index (Phi) is 4.45. The molecule has 0 radical (unpaired) electrons. The van der Waals surface area contributed by atoms with E-state index in [2.05, 4.69) is 6.92 Å². The average molecular weight is 278 g/mol. The van der Waals surface area contributed by atoms with E-state index in [4.69, 9.17) is 9.47 Å². The van der Waals surface area contributed by atoms with Gasteiger partial charge in [-0.25, -0.2) is 0 Å². The third-order valence-electron chi connectivity index (χ3n) is 3.15. The monoisotopic (exact) mass is 278 g/mol. The minimum absolute atomic E-state index is 0.641. The minimum atomic E-state index is -0.721. The summed E-state index contributed by atoms with van der Waals surface area (Å²) in [5, 5.41) is 12.7. The van der Waals surface area contributed by atoms with Crippen molar-refractivity contribution in [2.45, 2.75) is 19.4 Å². The summed E-state index contributed by atoms with van der Waals surface area (Å²) >= 11 is 1.55. The standard InChI is InChI=1S/C15H18O3S/c1-4-10-8-9-19-15(10)14(16)13-11(17-2)6-5-7-12(13)18-3/h5-9,14,16H,4H2,1-3H3. The predicted molar refractivity (Wildman–Crippen MR) is 77.3 cm³/mol. The highest BCUT2D eigenvalue weighted by Gasteiger charge is 2.23. The molecule has 1 aromatic heterocycles. The van der Waals surface area contributed by atoms with Gasteiger partial charge in [-0.15, -0.1) is 11.3 Å². The van der Waals surface area contributed by atoms with Gasteiger partial charge in [0.2, 0.25) is 0 Å². The molecule has 0 saturated heterocycles. The van der Waals surface area contributed by atoms with Crippen LogP contribution in [0.1, 0.15) is 29.0 Å². The van der Waals surface area contributed by atoms with Gasteiger partial charge in [-0.2, -0.15) is 0 Å². The topological polar surface area (TPSA) is 38.7 Å². The Balaban J connectivity index is 2.51. The van der Waals surface area contributed by atoms with Crippen LogP contribution >= 0.6 is 11.3 Å². The molecule has 2 aromatic rings. The van der Waals surface area contributed by atoms with Crippen LogP contribution in [0.5, 0.6) is 11.5 Å². The number of aryl methyl sites for hydroxylation is 1. The number of hydrogen-bond donors (Lipinski definition) is 1. The second kappa shape index (κ2) is 6.08. The molecule has 0 aliphatic carbocycles. The molecule has 2 rings (SSSR count). The first kappa shape index (κ1) is 13.9. The number of ether oxygens (including phenoxy) is 2. The first-order valence-electron chi connectivity index (χ1n) is 6.18. The van der Waals surface area contributed by atoms with E-state index < -0.39 is 6.10 Å². The Labute approximate surface area is 117 Å². The SMILES string of the molecule is CCc1ccsc1C(O)c1c(OC)cccc1OC. The molecule has 1 N–H and O–H groups in total. The van der Waals surface area contributed by atoms with Crippen LogP contribution in [0.4, 0.5) is 0 Å². The zero-order chi connectivity index (χ0) is 13.8. The Morgan fingerprint density at radius 3 is 2.32 bits per heavy atom. The quantitative estimate of drug-likeness (QED) is 0.911. The number of aliphatic hydroxyl groups excluding tert-OH is 1. The van der Waals surface area contributed by atoms with Gasteiger partial charge in [-0.05, 0) is 35.6 Å². The van der Waals surface area contributed by atoms with Gasteiger partial charge in [0.25, 0.3) is 0 Å². The molecule has 1 unspecified atom stereocenters. The fourth-order valence-corrected chi connectivity index (χ4v) is 3.15. The van der Waals surface area contributed by atoms with Gasteiger partial charge in [0.15, 0.2) is 0 Å². The molecular weight excluding hydrogens is 260 g/mol.